The van der Waals surface area contributed by atoms with E-state index in [1.54, 1.807) is 30.3 Å². The second-order valence-corrected chi connectivity index (χ2v) is 5.33. The molecule has 134 valence electrons. The lowest BCUT2D eigenvalue weighted by Gasteiger charge is -2.07. The van der Waals surface area contributed by atoms with Gasteiger partial charge in [0.1, 0.15) is 29.7 Å². The van der Waals surface area contributed by atoms with Crippen molar-refractivity contribution in [2.45, 2.75) is 13.2 Å². The maximum atomic E-state index is 13.6. The van der Waals surface area contributed by atoms with E-state index in [1.165, 1.54) is 0 Å². The van der Waals surface area contributed by atoms with Gasteiger partial charge in [-0.2, -0.15) is 0 Å². The fraction of sp³-hybridized carbons (Fsp3) is 0.111. The van der Waals surface area contributed by atoms with Crippen LogP contribution in [0.3, 0.4) is 0 Å². The highest BCUT2D eigenvalue weighted by atomic mass is 19.1. The Morgan fingerprint density at radius 2 is 1.85 bits per heavy atom. The monoisotopic (exact) mass is 360 g/mol. The standard InChI is InChI=1S/C18H14F2N2O4/c19-13-3-6-16(20)12(7-13)9-24-14-4-1-11(2-5-14)17-8-15(26-22-17)10-25-18(21)23/h1-8H,9-10H2,(H2,21,23). The van der Waals surface area contributed by atoms with Gasteiger partial charge in [0.25, 0.3) is 0 Å². The summed E-state index contributed by atoms with van der Waals surface area (Å²) in [6.07, 6.45) is -0.904. The molecule has 3 rings (SSSR count). The number of rotatable bonds is 6. The Hall–Kier alpha value is -3.42. The lowest BCUT2D eigenvalue weighted by Crippen LogP contribution is -2.12. The summed E-state index contributed by atoms with van der Waals surface area (Å²) in [6, 6.07) is 11.6. The van der Waals surface area contributed by atoms with Gasteiger partial charge in [-0.1, -0.05) is 5.16 Å². The first kappa shape index (κ1) is 17.4. The summed E-state index contributed by atoms with van der Waals surface area (Å²) in [5, 5.41) is 3.87. The van der Waals surface area contributed by atoms with E-state index in [2.05, 4.69) is 9.89 Å². The molecule has 1 amide bonds. The number of nitrogens with zero attached hydrogens (tertiary/aromatic N) is 1. The summed E-state index contributed by atoms with van der Waals surface area (Å²) in [5.41, 5.74) is 6.29. The third-order valence-electron chi connectivity index (χ3n) is 3.47. The first-order valence-electron chi connectivity index (χ1n) is 7.56. The molecule has 0 saturated carbocycles. The minimum Gasteiger partial charge on any atom is -0.489 e. The Morgan fingerprint density at radius 1 is 1.08 bits per heavy atom. The fourth-order valence-electron chi connectivity index (χ4n) is 2.20. The number of hydrogen-bond donors (Lipinski definition) is 1. The molecule has 0 aliphatic rings. The molecular formula is C18H14F2N2O4. The molecule has 2 N–H and O–H groups in total. The van der Waals surface area contributed by atoms with Crippen LogP contribution >= 0.6 is 0 Å². The predicted molar refractivity (Wildman–Crippen MR) is 87.0 cm³/mol. The summed E-state index contributed by atoms with van der Waals surface area (Å²) in [5.74, 6) is -0.224. The summed E-state index contributed by atoms with van der Waals surface area (Å²) in [7, 11) is 0. The molecule has 1 heterocycles. The Balaban J connectivity index is 1.63. The third-order valence-corrected chi connectivity index (χ3v) is 3.47. The third kappa shape index (κ3) is 4.35. The van der Waals surface area contributed by atoms with Gasteiger partial charge in [-0.15, -0.1) is 0 Å². The second-order valence-electron chi connectivity index (χ2n) is 5.33. The number of hydrogen-bond acceptors (Lipinski definition) is 5. The molecule has 2 aromatic carbocycles. The number of primary amides is 1. The van der Waals surface area contributed by atoms with Gasteiger partial charge >= 0.3 is 6.09 Å². The van der Waals surface area contributed by atoms with Crippen molar-refractivity contribution in [2.24, 2.45) is 5.73 Å². The molecule has 3 aromatic rings. The van der Waals surface area contributed by atoms with Crippen LogP contribution in [0.5, 0.6) is 5.75 Å². The summed E-state index contributed by atoms with van der Waals surface area (Å²) >= 11 is 0. The second kappa shape index (κ2) is 7.64. The Morgan fingerprint density at radius 3 is 2.58 bits per heavy atom. The molecule has 0 aliphatic carbocycles. The quantitative estimate of drug-likeness (QED) is 0.722. The molecule has 26 heavy (non-hydrogen) atoms. The van der Waals surface area contributed by atoms with Crippen LogP contribution in [0, 0.1) is 11.6 Å². The van der Waals surface area contributed by atoms with E-state index in [1.807, 2.05) is 0 Å². The molecule has 0 radical (unpaired) electrons. The summed E-state index contributed by atoms with van der Waals surface area (Å²) in [4.78, 5) is 10.6. The van der Waals surface area contributed by atoms with Gasteiger partial charge in [-0.05, 0) is 42.5 Å². The highest BCUT2D eigenvalue weighted by molar-refractivity contribution is 5.64. The van der Waals surface area contributed by atoms with Crippen LogP contribution in [0.15, 0.2) is 53.1 Å². The molecule has 0 unspecified atom stereocenters. The van der Waals surface area contributed by atoms with Crippen molar-refractivity contribution >= 4 is 6.09 Å². The van der Waals surface area contributed by atoms with Crippen LogP contribution in [0.2, 0.25) is 0 Å². The average molecular weight is 360 g/mol. The van der Waals surface area contributed by atoms with Crippen LogP contribution < -0.4 is 10.5 Å². The largest absolute Gasteiger partial charge is 0.489 e. The van der Waals surface area contributed by atoms with E-state index in [0.29, 0.717) is 17.2 Å². The zero-order chi connectivity index (χ0) is 18.5. The average Bonchev–Trinajstić information content (AvgIpc) is 3.10. The van der Waals surface area contributed by atoms with Crippen molar-refractivity contribution in [1.29, 1.82) is 0 Å². The number of nitrogens with two attached hydrogens (primary N) is 1. The van der Waals surface area contributed by atoms with Gasteiger partial charge in [0.05, 0.1) is 0 Å². The predicted octanol–water partition coefficient (Wildman–Crippen LogP) is 3.79. The molecular weight excluding hydrogens is 346 g/mol. The van der Waals surface area contributed by atoms with Gasteiger partial charge in [0.15, 0.2) is 12.4 Å². The molecule has 0 fully saturated rings. The molecule has 0 atom stereocenters. The maximum Gasteiger partial charge on any atom is 0.404 e. The lowest BCUT2D eigenvalue weighted by atomic mass is 10.1. The zero-order valence-corrected chi connectivity index (χ0v) is 13.4. The van der Waals surface area contributed by atoms with Crippen molar-refractivity contribution in [3.05, 3.63) is 71.5 Å². The van der Waals surface area contributed by atoms with E-state index >= 15 is 0 Å². The molecule has 8 heteroatoms. The Kier molecular flexibility index (Phi) is 5.12. The number of halogens is 2. The summed E-state index contributed by atoms with van der Waals surface area (Å²) in [6.45, 7) is -0.204. The number of carbonyl (C=O) groups excluding carboxylic acids is 1. The maximum absolute atomic E-state index is 13.6. The van der Waals surface area contributed by atoms with Crippen molar-refractivity contribution in [3.8, 4) is 17.0 Å². The molecule has 6 nitrogen and oxygen atoms in total. The van der Waals surface area contributed by atoms with Crippen molar-refractivity contribution in [1.82, 2.24) is 5.16 Å². The van der Waals surface area contributed by atoms with Crippen molar-refractivity contribution in [2.75, 3.05) is 0 Å². The van der Waals surface area contributed by atoms with Gasteiger partial charge in [0, 0.05) is 17.2 Å². The van der Waals surface area contributed by atoms with Crippen LogP contribution in [-0.4, -0.2) is 11.2 Å². The number of amides is 1. The summed E-state index contributed by atoms with van der Waals surface area (Å²) < 4.78 is 41.8. The molecule has 0 spiro atoms. The van der Waals surface area contributed by atoms with Gasteiger partial charge in [0.2, 0.25) is 0 Å². The van der Waals surface area contributed by atoms with E-state index < -0.39 is 17.7 Å². The van der Waals surface area contributed by atoms with Gasteiger partial charge in [-0.3, -0.25) is 0 Å². The van der Waals surface area contributed by atoms with Crippen LogP contribution in [-0.2, 0) is 18.0 Å². The van der Waals surface area contributed by atoms with E-state index in [0.717, 1.165) is 23.8 Å². The number of aromatic nitrogens is 1. The zero-order valence-electron chi connectivity index (χ0n) is 13.4. The SMILES string of the molecule is NC(=O)OCc1cc(-c2ccc(OCc3cc(F)ccc3F)cc2)no1. The molecule has 0 aliphatic heterocycles. The number of ether oxygens (including phenoxy) is 2. The fourth-order valence-corrected chi connectivity index (χ4v) is 2.20. The first-order chi connectivity index (χ1) is 12.5. The Labute approximate surface area is 147 Å². The van der Waals surface area contributed by atoms with Crippen LogP contribution in [0.4, 0.5) is 13.6 Å². The normalized spacial score (nSPS) is 10.5. The highest BCUT2D eigenvalue weighted by Gasteiger charge is 2.09. The lowest BCUT2D eigenvalue weighted by molar-refractivity contribution is 0.137. The minimum atomic E-state index is -0.904. The number of benzene rings is 2. The minimum absolute atomic E-state index is 0.0957. The van der Waals surface area contributed by atoms with Gasteiger partial charge in [-0.25, -0.2) is 13.6 Å². The van der Waals surface area contributed by atoms with E-state index in [-0.39, 0.29) is 18.8 Å². The highest BCUT2D eigenvalue weighted by Crippen LogP contribution is 2.23. The number of carbonyl (C=O) groups is 1. The molecule has 0 bridgehead atoms. The van der Waals surface area contributed by atoms with Crippen molar-refractivity contribution in [3.63, 3.8) is 0 Å². The first-order valence-corrected chi connectivity index (χ1v) is 7.56. The van der Waals surface area contributed by atoms with Gasteiger partial charge < -0.3 is 19.7 Å². The topological polar surface area (TPSA) is 87.6 Å². The smallest absolute Gasteiger partial charge is 0.404 e. The molecule has 1 aromatic heterocycles. The van der Waals surface area contributed by atoms with E-state index in [9.17, 15) is 13.6 Å². The van der Waals surface area contributed by atoms with Crippen LogP contribution in [0.1, 0.15) is 11.3 Å². The Bertz CT molecular complexity index is 910. The molecule has 0 saturated heterocycles. The van der Waals surface area contributed by atoms with E-state index in [4.69, 9.17) is 15.0 Å². The van der Waals surface area contributed by atoms with Crippen molar-refractivity contribution < 1.29 is 27.6 Å². The van der Waals surface area contributed by atoms with Crippen LogP contribution in [0.25, 0.3) is 11.3 Å².